The summed E-state index contributed by atoms with van der Waals surface area (Å²) in [5.74, 6) is 0.472. The molecular formula is C19H16N4O4. The monoisotopic (exact) mass is 364 g/mol. The molecule has 0 unspecified atom stereocenters. The van der Waals surface area contributed by atoms with E-state index in [2.05, 4.69) is 15.5 Å². The number of aryl methyl sites for hydroxylation is 1. The molecule has 8 nitrogen and oxygen atoms in total. The Bertz CT molecular complexity index is 1110. The van der Waals surface area contributed by atoms with Crippen molar-refractivity contribution < 1.29 is 13.7 Å². The van der Waals surface area contributed by atoms with Gasteiger partial charge >= 0.3 is 0 Å². The minimum atomic E-state index is -0.367. The van der Waals surface area contributed by atoms with Crippen LogP contribution in [0.3, 0.4) is 0 Å². The van der Waals surface area contributed by atoms with Gasteiger partial charge in [-0.1, -0.05) is 35.5 Å². The summed E-state index contributed by atoms with van der Waals surface area (Å²) in [7, 11) is 0. The zero-order valence-corrected chi connectivity index (χ0v) is 14.3. The summed E-state index contributed by atoms with van der Waals surface area (Å²) in [6.07, 6.45) is 3.09. The molecule has 27 heavy (non-hydrogen) atoms. The molecule has 136 valence electrons. The number of amides is 1. The fourth-order valence-electron chi connectivity index (χ4n) is 2.71. The van der Waals surface area contributed by atoms with Gasteiger partial charge in [-0.25, -0.2) is 4.98 Å². The summed E-state index contributed by atoms with van der Waals surface area (Å²) in [4.78, 5) is 28.8. The minimum Gasteiger partial charge on any atom is -0.467 e. The smallest absolute Gasteiger partial charge is 0.299 e. The second kappa shape index (κ2) is 7.28. The van der Waals surface area contributed by atoms with E-state index in [1.807, 2.05) is 30.3 Å². The molecule has 0 bridgehead atoms. The molecule has 0 spiro atoms. The summed E-state index contributed by atoms with van der Waals surface area (Å²) >= 11 is 0. The van der Waals surface area contributed by atoms with Gasteiger partial charge in [-0.3, -0.25) is 14.2 Å². The molecule has 4 aromatic rings. The average Bonchev–Trinajstić information content (AvgIpc) is 3.36. The van der Waals surface area contributed by atoms with E-state index in [4.69, 9.17) is 8.94 Å². The molecule has 8 heteroatoms. The van der Waals surface area contributed by atoms with Crippen molar-refractivity contribution in [3.8, 4) is 11.3 Å². The van der Waals surface area contributed by atoms with Gasteiger partial charge in [-0.15, -0.1) is 0 Å². The van der Waals surface area contributed by atoms with Crippen molar-refractivity contribution in [2.24, 2.45) is 0 Å². The maximum absolute atomic E-state index is 12.6. The molecule has 0 fully saturated rings. The van der Waals surface area contributed by atoms with Gasteiger partial charge in [0.1, 0.15) is 17.0 Å². The van der Waals surface area contributed by atoms with Crippen molar-refractivity contribution >= 4 is 17.0 Å². The molecule has 1 amide bonds. The quantitative estimate of drug-likeness (QED) is 0.563. The molecule has 3 heterocycles. The number of benzene rings is 1. The molecular weight excluding hydrogens is 348 g/mol. The van der Waals surface area contributed by atoms with Gasteiger partial charge in [-0.2, -0.15) is 0 Å². The van der Waals surface area contributed by atoms with Crippen LogP contribution in [0.25, 0.3) is 22.4 Å². The predicted molar refractivity (Wildman–Crippen MR) is 96.7 cm³/mol. The second-order valence-electron chi connectivity index (χ2n) is 5.92. The number of hydrogen-bond acceptors (Lipinski definition) is 6. The van der Waals surface area contributed by atoms with Crippen LogP contribution in [-0.4, -0.2) is 20.6 Å². The molecule has 0 aliphatic rings. The van der Waals surface area contributed by atoms with Crippen molar-refractivity contribution in [1.82, 2.24) is 20.0 Å². The van der Waals surface area contributed by atoms with E-state index in [1.54, 1.807) is 18.4 Å². The molecule has 0 saturated heterocycles. The van der Waals surface area contributed by atoms with Gasteiger partial charge in [0.15, 0.2) is 0 Å². The predicted octanol–water partition coefficient (Wildman–Crippen LogP) is 2.35. The number of carbonyl (C=O) groups excluding carboxylic acids is 1. The Kier molecular flexibility index (Phi) is 4.52. The SMILES string of the molecule is O=C(CCn1cnc2c(-c3ccccc3)noc2c1=O)NCc1ccco1. The van der Waals surface area contributed by atoms with Gasteiger partial charge in [-0.05, 0) is 12.1 Å². The summed E-state index contributed by atoms with van der Waals surface area (Å²) in [5.41, 5.74) is 1.45. The highest BCUT2D eigenvalue weighted by molar-refractivity contribution is 5.87. The normalized spacial score (nSPS) is 11.0. The molecule has 1 aromatic carbocycles. The van der Waals surface area contributed by atoms with Gasteiger partial charge in [0.05, 0.1) is 19.1 Å². The van der Waals surface area contributed by atoms with Crippen LogP contribution in [0.15, 0.2) is 68.8 Å². The van der Waals surface area contributed by atoms with Gasteiger partial charge < -0.3 is 14.3 Å². The van der Waals surface area contributed by atoms with Crippen LogP contribution in [0.2, 0.25) is 0 Å². The number of aromatic nitrogens is 3. The molecule has 0 aliphatic heterocycles. The Hall–Kier alpha value is -3.68. The lowest BCUT2D eigenvalue weighted by Gasteiger charge is -2.05. The Morgan fingerprint density at radius 1 is 1.15 bits per heavy atom. The third-order valence-corrected chi connectivity index (χ3v) is 4.12. The van der Waals surface area contributed by atoms with Crippen LogP contribution in [0.4, 0.5) is 0 Å². The maximum atomic E-state index is 12.6. The third kappa shape index (κ3) is 3.50. The van der Waals surface area contributed by atoms with E-state index in [0.29, 0.717) is 23.5 Å². The first-order valence-corrected chi connectivity index (χ1v) is 8.41. The molecule has 0 aliphatic carbocycles. The Morgan fingerprint density at radius 2 is 2.00 bits per heavy atom. The van der Waals surface area contributed by atoms with Gasteiger partial charge in [0.25, 0.3) is 11.1 Å². The van der Waals surface area contributed by atoms with E-state index < -0.39 is 0 Å². The number of nitrogens with one attached hydrogen (secondary N) is 1. The second-order valence-corrected chi connectivity index (χ2v) is 5.92. The standard InChI is InChI=1S/C19H16N4O4/c24-15(20-11-14-7-4-10-26-14)8-9-23-12-21-17-16(13-5-2-1-3-6-13)22-27-18(17)19(23)25/h1-7,10,12H,8-9,11H2,(H,20,24). The first-order chi connectivity index (χ1) is 13.2. The molecule has 3 aromatic heterocycles. The van der Waals surface area contributed by atoms with Gasteiger partial charge in [0.2, 0.25) is 5.91 Å². The van der Waals surface area contributed by atoms with E-state index in [1.165, 1.54) is 10.9 Å². The Morgan fingerprint density at radius 3 is 2.78 bits per heavy atom. The lowest BCUT2D eigenvalue weighted by Crippen LogP contribution is -2.27. The maximum Gasteiger partial charge on any atom is 0.299 e. The van der Waals surface area contributed by atoms with Crippen molar-refractivity contribution in [2.75, 3.05) is 0 Å². The fraction of sp³-hybridized carbons (Fsp3) is 0.158. The van der Waals surface area contributed by atoms with E-state index in [9.17, 15) is 9.59 Å². The highest BCUT2D eigenvalue weighted by Crippen LogP contribution is 2.23. The number of rotatable bonds is 6. The van der Waals surface area contributed by atoms with Crippen molar-refractivity contribution in [3.05, 3.63) is 71.2 Å². The molecule has 4 rings (SSSR count). The van der Waals surface area contributed by atoms with Crippen LogP contribution < -0.4 is 10.9 Å². The molecule has 0 atom stereocenters. The lowest BCUT2D eigenvalue weighted by molar-refractivity contribution is -0.121. The number of furan rings is 1. The van der Waals surface area contributed by atoms with E-state index in [0.717, 1.165) is 5.56 Å². The number of hydrogen-bond donors (Lipinski definition) is 1. The van der Waals surface area contributed by atoms with Crippen LogP contribution in [0.5, 0.6) is 0 Å². The Balaban J connectivity index is 1.48. The van der Waals surface area contributed by atoms with Crippen LogP contribution in [0, 0.1) is 0 Å². The van der Waals surface area contributed by atoms with Crippen molar-refractivity contribution in [3.63, 3.8) is 0 Å². The van der Waals surface area contributed by atoms with Crippen LogP contribution in [-0.2, 0) is 17.9 Å². The highest BCUT2D eigenvalue weighted by Gasteiger charge is 2.16. The van der Waals surface area contributed by atoms with Crippen molar-refractivity contribution in [1.29, 1.82) is 0 Å². The summed E-state index contributed by atoms with van der Waals surface area (Å²) in [5, 5.41) is 6.71. The fourth-order valence-corrected chi connectivity index (χ4v) is 2.71. The first kappa shape index (κ1) is 16.8. The van der Waals surface area contributed by atoms with E-state index >= 15 is 0 Å². The largest absolute Gasteiger partial charge is 0.467 e. The summed E-state index contributed by atoms with van der Waals surface area (Å²) < 4.78 is 11.7. The zero-order valence-electron chi connectivity index (χ0n) is 14.3. The third-order valence-electron chi connectivity index (χ3n) is 4.12. The average molecular weight is 364 g/mol. The van der Waals surface area contributed by atoms with Crippen LogP contribution in [0.1, 0.15) is 12.2 Å². The van der Waals surface area contributed by atoms with Crippen LogP contribution >= 0.6 is 0 Å². The number of nitrogens with zero attached hydrogens (tertiary/aromatic N) is 3. The highest BCUT2D eigenvalue weighted by atomic mass is 16.5. The number of carbonyl (C=O) groups is 1. The molecule has 0 radical (unpaired) electrons. The topological polar surface area (TPSA) is 103 Å². The molecule has 0 saturated carbocycles. The molecule has 1 N–H and O–H groups in total. The minimum absolute atomic E-state index is 0.0762. The zero-order chi connectivity index (χ0) is 18.6. The van der Waals surface area contributed by atoms with Gasteiger partial charge in [0, 0.05) is 18.5 Å². The summed E-state index contributed by atoms with van der Waals surface area (Å²) in [6, 6.07) is 12.9. The number of fused-ring (bicyclic) bond motifs is 1. The van der Waals surface area contributed by atoms with E-state index in [-0.39, 0.29) is 30.0 Å². The Labute approximate surface area is 153 Å². The summed E-state index contributed by atoms with van der Waals surface area (Å²) in [6.45, 7) is 0.494. The lowest BCUT2D eigenvalue weighted by atomic mass is 10.1. The van der Waals surface area contributed by atoms with Crippen molar-refractivity contribution in [2.45, 2.75) is 19.5 Å². The first-order valence-electron chi connectivity index (χ1n) is 8.41.